The number of nitrogens with two attached hydrogens (primary N) is 1. The SMILES string of the molecule is CC(C)COCCNC(N)=S. The van der Waals surface area contributed by atoms with Gasteiger partial charge in [-0.25, -0.2) is 0 Å². The maximum absolute atomic E-state index is 5.27. The first-order valence-corrected chi connectivity index (χ1v) is 4.14. The van der Waals surface area contributed by atoms with E-state index in [1.54, 1.807) is 0 Å². The van der Waals surface area contributed by atoms with Gasteiger partial charge in [0.15, 0.2) is 5.11 Å². The summed E-state index contributed by atoms with van der Waals surface area (Å²) in [6.45, 7) is 6.37. The normalized spacial score (nSPS) is 10.1. The van der Waals surface area contributed by atoms with Gasteiger partial charge >= 0.3 is 0 Å². The molecule has 0 rings (SSSR count). The number of hydrogen-bond acceptors (Lipinski definition) is 2. The molecule has 0 aromatic carbocycles. The number of thiocarbonyl (C=S) groups is 1. The third-order valence-corrected chi connectivity index (χ3v) is 1.14. The summed E-state index contributed by atoms with van der Waals surface area (Å²) in [6, 6.07) is 0. The minimum absolute atomic E-state index is 0.332. The molecule has 0 fully saturated rings. The molecule has 0 aliphatic rings. The van der Waals surface area contributed by atoms with E-state index in [-0.39, 0.29) is 0 Å². The van der Waals surface area contributed by atoms with E-state index < -0.39 is 0 Å². The van der Waals surface area contributed by atoms with Gasteiger partial charge in [-0.1, -0.05) is 13.8 Å². The molecule has 0 saturated carbocycles. The van der Waals surface area contributed by atoms with E-state index in [0.717, 1.165) is 6.61 Å². The first kappa shape index (κ1) is 10.7. The Morgan fingerprint density at radius 1 is 1.64 bits per heavy atom. The Morgan fingerprint density at radius 2 is 2.27 bits per heavy atom. The molecule has 3 N–H and O–H groups in total. The molecular weight excluding hydrogens is 160 g/mol. The second kappa shape index (κ2) is 6.37. The summed E-state index contributed by atoms with van der Waals surface area (Å²) in [5.41, 5.74) is 5.20. The van der Waals surface area contributed by atoms with Crippen molar-refractivity contribution in [1.82, 2.24) is 5.32 Å². The van der Waals surface area contributed by atoms with Crippen LogP contribution in [0.3, 0.4) is 0 Å². The minimum atomic E-state index is 0.332. The van der Waals surface area contributed by atoms with Crippen LogP contribution in [0, 0.1) is 5.92 Å². The summed E-state index contributed by atoms with van der Waals surface area (Å²) in [7, 11) is 0. The third kappa shape index (κ3) is 9.65. The molecule has 66 valence electrons. The minimum Gasteiger partial charge on any atom is -0.379 e. The molecule has 0 saturated heterocycles. The number of hydrogen-bond donors (Lipinski definition) is 2. The van der Waals surface area contributed by atoms with Crippen molar-refractivity contribution in [1.29, 1.82) is 0 Å². The fourth-order valence-corrected chi connectivity index (χ4v) is 0.667. The second-order valence-corrected chi connectivity index (χ2v) is 3.20. The lowest BCUT2D eigenvalue weighted by Gasteiger charge is -2.06. The molecule has 0 bridgehead atoms. The van der Waals surface area contributed by atoms with Crippen molar-refractivity contribution in [3.8, 4) is 0 Å². The lowest BCUT2D eigenvalue weighted by atomic mass is 10.2. The van der Waals surface area contributed by atoms with E-state index in [1.807, 2.05) is 0 Å². The van der Waals surface area contributed by atoms with Crippen LogP contribution in [-0.4, -0.2) is 24.9 Å². The number of nitrogens with one attached hydrogen (secondary N) is 1. The summed E-state index contributed by atoms with van der Waals surface area (Å²) in [5, 5.41) is 3.14. The Balaban J connectivity index is 2.97. The second-order valence-electron chi connectivity index (χ2n) is 2.76. The van der Waals surface area contributed by atoms with Gasteiger partial charge in [-0.3, -0.25) is 0 Å². The van der Waals surface area contributed by atoms with Crippen molar-refractivity contribution in [2.75, 3.05) is 19.8 Å². The lowest BCUT2D eigenvalue weighted by molar-refractivity contribution is 0.114. The summed E-state index contributed by atoms with van der Waals surface area (Å²) < 4.78 is 5.27. The molecule has 0 aliphatic heterocycles. The van der Waals surface area contributed by atoms with Crippen LogP contribution in [0.2, 0.25) is 0 Å². The maximum atomic E-state index is 5.27. The Kier molecular flexibility index (Phi) is 6.16. The van der Waals surface area contributed by atoms with Gasteiger partial charge in [0.2, 0.25) is 0 Å². The Bertz CT molecular complexity index is 117. The zero-order chi connectivity index (χ0) is 8.69. The average molecular weight is 176 g/mol. The molecular formula is C7H16N2OS. The predicted octanol–water partition coefficient (Wildman–Crippen LogP) is 0.492. The van der Waals surface area contributed by atoms with Crippen LogP contribution in [-0.2, 0) is 4.74 Å². The van der Waals surface area contributed by atoms with Gasteiger partial charge in [0.05, 0.1) is 6.61 Å². The van der Waals surface area contributed by atoms with Crippen LogP contribution in [0.15, 0.2) is 0 Å². The van der Waals surface area contributed by atoms with Gasteiger partial charge in [-0.05, 0) is 18.1 Å². The Labute approximate surface area is 73.3 Å². The van der Waals surface area contributed by atoms with Crippen molar-refractivity contribution in [2.24, 2.45) is 11.7 Å². The fraction of sp³-hybridized carbons (Fsp3) is 0.857. The van der Waals surface area contributed by atoms with Gasteiger partial charge in [-0.2, -0.15) is 0 Å². The smallest absolute Gasteiger partial charge is 0.163 e. The molecule has 0 unspecified atom stereocenters. The monoisotopic (exact) mass is 176 g/mol. The summed E-state index contributed by atoms with van der Waals surface area (Å²) in [6.07, 6.45) is 0. The summed E-state index contributed by atoms with van der Waals surface area (Å²) in [5.74, 6) is 0.583. The third-order valence-electron chi connectivity index (χ3n) is 0.997. The Hall–Kier alpha value is -0.350. The fourth-order valence-electron chi connectivity index (χ4n) is 0.565. The molecule has 0 aromatic heterocycles. The first-order chi connectivity index (χ1) is 5.13. The molecule has 0 radical (unpaired) electrons. The molecule has 4 heteroatoms. The molecule has 0 atom stereocenters. The van der Waals surface area contributed by atoms with E-state index in [1.165, 1.54) is 0 Å². The van der Waals surface area contributed by atoms with E-state index in [9.17, 15) is 0 Å². The van der Waals surface area contributed by atoms with Crippen LogP contribution in [0.1, 0.15) is 13.8 Å². The number of rotatable bonds is 5. The molecule has 0 spiro atoms. The summed E-state index contributed by atoms with van der Waals surface area (Å²) >= 11 is 4.61. The zero-order valence-corrected chi connectivity index (χ0v) is 7.91. The Morgan fingerprint density at radius 3 is 2.73 bits per heavy atom. The van der Waals surface area contributed by atoms with E-state index >= 15 is 0 Å². The molecule has 11 heavy (non-hydrogen) atoms. The largest absolute Gasteiger partial charge is 0.379 e. The molecule has 0 heterocycles. The topological polar surface area (TPSA) is 47.3 Å². The van der Waals surface area contributed by atoms with E-state index in [2.05, 4.69) is 31.4 Å². The lowest BCUT2D eigenvalue weighted by Crippen LogP contribution is -2.32. The van der Waals surface area contributed by atoms with Gasteiger partial charge in [0, 0.05) is 13.2 Å². The highest BCUT2D eigenvalue weighted by Gasteiger charge is 1.92. The van der Waals surface area contributed by atoms with Crippen LogP contribution in [0.5, 0.6) is 0 Å². The van der Waals surface area contributed by atoms with Crippen LogP contribution in [0.25, 0.3) is 0 Å². The van der Waals surface area contributed by atoms with Crippen LogP contribution < -0.4 is 11.1 Å². The summed E-state index contributed by atoms with van der Waals surface area (Å²) in [4.78, 5) is 0. The van der Waals surface area contributed by atoms with E-state index in [0.29, 0.717) is 24.2 Å². The van der Waals surface area contributed by atoms with Crippen molar-refractivity contribution >= 4 is 17.3 Å². The van der Waals surface area contributed by atoms with Gasteiger partial charge < -0.3 is 15.8 Å². The highest BCUT2D eigenvalue weighted by molar-refractivity contribution is 7.80. The van der Waals surface area contributed by atoms with Crippen LogP contribution >= 0.6 is 12.2 Å². The maximum Gasteiger partial charge on any atom is 0.163 e. The molecule has 0 amide bonds. The van der Waals surface area contributed by atoms with Crippen molar-refractivity contribution < 1.29 is 4.74 Å². The van der Waals surface area contributed by atoms with Crippen LogP contribution in [0.4, 0.5) is 0 Å². The van der Waals surface area contributed by atoms with Crippen molar-refractivity contribution in [3.63, 3.8) is 0 Å². The highest BCUT2D eigenvalue weighted by atomic mass is 32.1. The zero-order valence-electron chi connectivity index (χ0n) is 7.09. The van der Waals surface area contributed by atoms with Gasteiger partial charge in [-0.15, -0.1) is 0 Å². The standard InChI is InChI=1S/C7H16N2OS/c1-6(2)5-10-4-3-9-7(8)11/h6H,3-5H2,1-2H3,(H3,8,9,11). The quantitative estimate of drug-likeness (QED) is 0.473. The van der Waals surface area contributed by atoms with Crippen molar-refractivity contribution in [2.45, 2.75) is 13.8 Å². The predicted molar refractivity (Wildman–Crippen MR) is 50.4 cm³/mol. The van der Waals surface area contributed by atoms with Gasteiger partial charge in [0.25, 0.3) is 0 Å². The first-order valence-electron chi connectivity index (χ1n) is 3.74. The molecule has 0 aromatic rings. The molecule has 3 nitrogen and oxygen atoms in total. The average Bonchev–Trinajstić information content (AvgIpc) is 1.85. The van der Waals surface area contributed by atoms with Gasteiger partial charge in [0.1, 0.15) is 0 Å². The molecule has 0 aliphatic carbocycles. The number of ether oxygens (including phenoxy) is 1. The van der Waals surface area contributed by atoms with E-state index in [4.69, 9.17) is 10.5 Å². The highest BCUT2D eigenvalue weighted by Crippen LogP contribution is 1.90. The van der Waals surface area contributed by atoms with Crippen molar-refractivity contribution in [3.05, 3.63) is 0 Å².